The predicted octanol–water partition coefficient (Wildman–Crippen LogP) is 4.49. The Morgan fingerprint density at radius 2 is 2.15 bits per heavy atom. The molecule has 0 fully saturated rings. The van der Waals surface area contributed by atoms with E-state index in [1.165, 1.54) is 23.5 Å². The molecule has 27 heavy (non-hydrogen) atoms. The minimum absolute atomic E-state index is 0.0866. The van der Waals surface area contributed by atoms with Gasteiger partial charge in [-0.25, -0.2) is 4.39 Å². The zero-order valence-electron chi connectivity index (χ0n) is 14.8. The van der Waals surface area contributed by atoms with E-state index >= 15 is 0 Å². The summed E-state index contributed by atoms with van der Waals surface area (Å²) in [6.45, 7) is 1.85. The van der Waals surface area contributed by atoms with E-state index in [0.29, 0.717) is 23.3 Å². The molecular formula is C21H19FN2O2S. The molecule has 1 aromatic carbocycles. The Kier molecular flexibility index (Phi) is 4.66. The number of Topliss-reactive ketones (excluding diaryl/α,β-unsaturated/α-hetero) is 1. The second-order valence-electron chi connectivity index (χ2n) is 6.79. The average Bonchev–Trinajstić information content (AvgIpc) is 3.15. The van der Waals surface area contributed by atoms with Gasteiger partial charge in [-0.05, 0) is 60.4 Å². The Morgan fingerprint density at radius 3 is 2.89 bits per heavy atom. The molecule has 0 radical (unpaired) electrons. The number of benzene rings is 1. The fourth-order valence-corrected chi connectivity index (χ4v) is 4.51. The summed E-state index contributed by atoms with van der Waals surface area (Å²) in [6, 6.07) is 7.75. The van der Waals surface area contributed by atoms with Crippen LogP contribution in [0.15, 0.2) is 63.6 Å². The van der Waals surface area contributed by atoms with E-state index < -0.39 is 11.7 Å². The molecule has 1 aromatic heterocycles. The Balaban J connectivity index is 1.75. The van der Waals surface area contributed by atoms with Gasteiger partial charge in [-0.2, -0.15) is 11.3 Å². The molecule has 1 atom stereocenters. The number of carbonyl (C=O) groups is 2. The number of amides is 1. The molecule has 1 aliphatic heterocycles. The molecule has 0 saturated carbocycles. The second kappa shape index (κ2) is 7.12. The summed E-state index contributed by atoms with van der Waals surface area (Å²) in [4.78, 5) is 25.8. The molecule has 138 valence electrons. The number of dihydropyridines is 1. The van der Waals surface area contributed by atoms with E-state index in [4.69, 9.17) is 0 Å². The molecule has 0 unspecified atom stereocenters. The number of rotatable bonds is 3. The quantitative estimate of drug-likeness (QED) is 0.822. The number of hydrogen-bond donors (Lipinski definition) is 2. The standard InChI is InChI=1S/C21H19FN2O2S/c1-12-18(21(26)24-15-5-2-4-14(22)10-15)19(13-8-9-27-11-13)20-16(23-12)6-3-7-17(20)25/h2,4-5,8-11,19,23H,3,6-7H2,1H3,(H,24,26)/t19-/m0/s1. The number of hydrogen-bond acceptors (Lipinski definition) is 4. The summed E-state index contributed by atoms with van der Waals surface area (Å²) in [7, 11) is 0. The molecule has 2 aliphatic rings. The highest BCUT2D eigenvalue weighted by Crippen LogP contribution is 2.42. The number of ketones is 1. The van der Waals surface area contributed by atoms with Gasteiger partial charge in [0.2, 0.25) is 0 Å². The van der Waals surface area contributed by atoms with E-state index in [-0.39, 0.29) is 11.7 Å². The smallest absolute Gasteiger partial charge is 0.254 e. The van der Waals surface area contributed by atoms with Crippen molar-refractivity contribution in [3.05, 3.63) is 75.0 Å². The molecule has 2 heterocycles. The Hall–Kier alpha value is -2.73. The summed E-state index contributed by atoms with van der Waals surface area (Å²) in [5.74, 6) is -1.05. The molecule has 4 nitrogen and oxygen atoms in total. The van der Waals surface area contributed by atoms with Crippen molar-refractivity contribution in [1.82, 2.24) is 5.32 Å². The van der Waals surface area contributed by atoms with Crippen LogP contribution in [-0.4, -0.2) is 11.7 Å². The van der Waals surface area contributed by atoms with Crippen LogP contribution in [-0.2, 0) is 9.59 Å². The third-order valence-electron chi connectivity index (χ3n) is 4.98. The van der Waals surface area contributed by atoms with Crippen LogP contribution in [0.5, 0.6) is 0 Å². The first-order valence-electron chi connectivity index (χ1n) is 8.87. The molecule has 1 amide bonds. The van der Waals surface area contributed by atoms with Crippen LogP contribution >= 0.6 is 11.3 Å². The lowest BCUT2D eigenvalue weighted by molar-refractivity contribution is -0.116. The van der Waals surface area contributed by atoms with Crippen LogP contribution in [0.2, 0.25) is 0 Å². The first kappa shape index (κ1) is 17.7. The van der Waals surface area contributed by atoms with Crippen molar-refractivity contribution in [3.8, 4) is 0 Å². The number of carbonyl (C=O) groups excluding carboxylic acids is 2. The SMILES string of the molecule is CC1=C(C(=O)Nc2cccc(F)c2)[C@H](c2ccsc2)C2=C(CCCC2=O)N1. The minimum atomic E-state index is -0.415. The van der Waals surface area contributed by atoms with E-state index in [1.54, 1.807) is 12.1 Å². The van der Waals surface area contributed by atoms with Gasteiger partial charge in [0, 0.05) is 40.6 Å². The van der Waals surface area contributed by atoms with Crippen molar-refractivity contribution in [1.29, 1.82) is 0 Å². The van der Waals surface area contributed by atoms with Gasteiger partial charge in [0.1, 0.15) is 5.82 Å². The van der Waals surface area contributed by atoms with Crippen LogP contribution in [0.1, 0.15) is 37.7 Å². The number of thiophene rings is 1. The summed E-state index contributed by atoms with van der Waals surface area (Å²) < 4.78 is 13.5. The van der Waals surface area contributed by atoms with Gasteiger partial charge in [0.05, 0.1) is 0 Å². The number of nitrogens with one attached hydrogen (secondary N) is 2. The van der Waals surface area contributed by atoms with Gasteiger partial charge in [-0.15, -0.1) is 0 Å². The highest BCUT2D eigenvalue weighted by molar-refractivity contribution is 7.08. The number of anilines is 1. The Morgan fingerprint density at radius 1 is 1.30 bits per heavy atom. The topological polar surface area (TPSA) is 58.2 Å². The molecule has 0 bridgehead atoms. The summed E-state index contributed by atoms with van der Waals surface area (Å²) in [5.41, 5.74) is 4.17. The van der Waals surface area contributed by atoms with Crippen LogP contribution in [0.3, 0.4) is 0 Å². The van der Waals surface area contributed by atoms with Crippen molar-refractivity contribution < 1.29 is 14.0 Å². The zero-order chi connectivity index (χ0) is 19.0. The van der Waals surface area contributed by atoms with Gasteiger partial charge < -0.3 is 10.6 Å². The van der Waals surface area contributed by atoms with Crippen LogP contribution in [0.4, 0.5) is 10.1 Å². The summed E-state index contributed by atoms with van der Waals surface area (Å²) >= 11 is 1.54. The van der Waals surface area contributed by atoms with Gasteiger partial charge in [-0.3, -0.25) is 9.59 Å². The van der Waals surface area contributed by atoms with Crippen LogP contribution < -0.4 is 10.6 Å². The molecular weight excluding hydrogens is 363 g/mol. The van der Waals surface area contributed by atoms with E-state index in [1.807, 2.05) is 23.8 Å². The molecule has 4 rings (SSSR count). The lowest BCUT2D eigenvalue weighted by atomic mass is 9.75. The normalized spacial score (nSPS) is 19.6. The van der Waals surface area contributed by atoms with Gasteiger partial charge in [-0.1, -0.05) is 6.07 Å². The van der Waals surface area contributed by atoms with Crippen molar-refractivity contribution in [2.45, 2.75) is 32.1 Å². The first-order valence-corrected chi connectivity index (χ1v) is 9.82. The predicted molar refractivity (Wildman–Crippen MR) is 104 cm³/mol. The Bertz CT molecular complexity index is 976. The first-order chi connectivity index (χ1) is 13.0. The van der Waals surface area contributed by atoms with Gasteiger partial charge >= 0.3 is 0 Å². The minimum Gasteiger partial charge on any atom is -0.362 e. The van der Waals surface area contributed by atoms with E-state index in [0.717, 1.165) is 29.8 Å². The lowest BCUT2D eigenvalue weighted by Crippen LogP contribution is -2.35. The zero-order valence-corrected chi connectivity index (χ0v) is 15.7. The summed E-state index contributed by atoms with van der Waals surface area (Å²) in [6.07, 6.45) is 2.12. The molecule has 2 N–H and O–H groups in total. The van der Waals surface area contributed by atoms with Crippen LogP contribution in [0.25, 0.3) is 0 Å². The fraction of sp³-hybridized carbons (Fsp3) is 0.238. The highest BCUT2D eigenvalue weighted by atomic mass is 32.1. The maximum absolute atomic E-state index is 13.5. The van der Waals surface area contributed by atoms with Crippen molar-refractivity contribution in [2.75, 3.05) is 5.32 Å². The molecule has 0 saturated heterocycles. The number of halogens is 1. The van der Waals surface area contributed by atoms with Crippen molar-refractivity contribution in [2.24, 2.45) is 0 Å². The van der Waals surface area contributed by atoms with Gasteiger partial charge in [0.15, 0.2) is 5.78 Å². The average molecular weight is 382 g/mol. The monoisotopic (exact) mass is 382 g/mol. The van der Waals surface area contributed by atoms with E-state index in [2.05, 4.69) is 10.6 Å². The maximum Gasteiger partial charge on any atom is 0.254 e. The largest absolute Gasteiger partial charge is 0.362 e. The maximum atomic E-state index is 13.5. The summed E-state index contributed by atoms with van der Waals surface area (Å²) in [5, 5.41) is 9.98. The number of allylic oxidation sites excluding steroid dienone is 3. The molecule has 2 aromatic rings. The molecule has 6 heteroatoms. The van der Waals surface area contributed by atoms with E-state index in [9.17, 15) is 14.0 Å². The van der Waals surface area contributed by atoms with Crippen molar-refractivity contribution >= 4 is 28.7 Å². The fourth-order valence-electron chi connectivity index (χ4n) is 3.82. The Labute approximate surface area is 160 Å². The molecule has 1 aliphatic carbocycles. The molecule has 0 spiro atoms. The third kappa shape index (κ3) is 3.32. The van der Waals surface area contributed by atoms with Crippen molar-refractivity contribution in [3.63, 3.8) is 0 Å². The van der Waals surface area contributed by atoms with Crippen LogP contribution in [0, 0.1) is 5.82 Å². The second-order valence-corrected chi connectivity index (χ2v) is 7.57. The third-order valence-corrected chi connectivity index (χ3v) is 5.68. The van der Waals surface area contributed by atoms with Gasteiger partial charge in [0.25, 0.3) is 5.91 Å². The lowest BCUT2D eigenvalue weighted by Gasteiger charge is -2.34. The highest BCUT2D eigenvalue weighted by Gasteiger charge is 2.38.